The van der Waals surface area contributed by atoms with Gasteiger partial charge in [-0.1, -0.05) is 37.3 Å². The molecule has 4 aromatic rings. The van der Waals surface area contributed by atoms with E-state index < -0.39 is 16.9 Å². The number of aromatic nitrogens is 2. The van der Waals surface area contributed by atoms with Crippen molar-refractivity contribution in [1.29, 1.82) is 0 Å². The number of aryl methyl sites for hydroxylation is 2. The highest BCUT2D eigenvalue weighted by molar-refractivity contribution is 7.15. The summed E-state index contributed by atoms with van der Waals surface area (Å²) in [6.07, 6.45) is 0.688. The van der Waals surface area contributed by atoms with E-state index in [0.29, 0.717) is 34.0 Å². The van der Waals surface area contributed by atoms with E-state index in [1.807, 2.05) is 13.8 Å². The van der Waals surface area contributed by atoms with Gasteiger partial charge in [0.15, 0.2) is 5.43 Å². The smallest absolute Gasteiger partial charge is 0.297 e. The second-order valence-electron chi connectivity index (χ2n) is 9.11. The lowest BCUT2D eigenvalue weighted by Gasteiger charge is -2.21. The molecule has 9 nitrogen and oxygen atoms in total. The number of rotatable bonds is 5. The summed E-state index contributed by atoms with van der Waals surface area (Å²) in [5.74, 6) is -0.265. The summed E-state index contributed by atoms with van der Waals surface area (Å²) in [5.41, 5.74) is 2.25. The fourth-order valence-electron chi connectivity index (χ4n) is 4.32. The van der Waals surface area contributed by atoms with Gasteiger partial charge in [-0.25, -0.2) is 0 Å². The maximum atomic E-state index is 13.8. The number of nitro groups is 1. The normalized spacial score (nSPS) is 15.3. The van der Waals surface area contributed by atoms with Crippen molar-refractivity contribution < 1.29 is 14.1 Å². The number of hydrogen-bond donors (Lipinski definition) is 0. The molecule has 0 N–H and O–H groups in total. The van der Waals surface area contributed by atoms with Gasteiger partial charge in [0, 0.05) is 18.6 Å². The van der Waals surface area contributed by atoms with Crippen LogP contribution in [-0.4, -0.2) is 21.0 Å². The summed E-state index contributed by atoms with van der Waals surface area (Å²) in [7, 11) is 0. The molecule has 178 valence electrons. The van der Waals surface area contributed by atoms with Crippen LogP contribution in [0.1, 0.15) is 57.7 Å². The molecule has 0 saturated carbocycles. The second kappa shape index (κ2) is 8.38. The summed E-state index contributed by atoms with van der Waals surface area (Å²) >= 11 is 1.26. The van der Waals surface area contributed by atoms with Gasteiger partial charge in [0.1, 0.15) is 10.6 Å². The van der Waals surface area contributed by atoms with E-state index in [1.165, 1.54) is 34.4 Å². The third-order valence-electron chi connectivity index (χ3n) is 6.13. The minimum atomic E-state index is -0.931. The number of amides is 1. The molecule has 0 spiro atoms. The van der Waals surface area contributed by atoms with Crippen LogP contribution in [0.3, 0.4) is 0 Å². The lowest BCUT2D eigenvalue weighted by atomic mass is 9.97. The summed E-state index contributed by atoms with van der Waals surface area (Å²) in [6.45, 7) is 7.91. The molecule has 0 saturated heterocycles. The van der Waals surface area contributed by atoms with E-state index >= 15 is 0 Å². The highest BCUT2D eigenvalue weighted by Crippen LogP contribution is 2.43. The molecule has 2 aromatic carbocycles. The van der Waals surface area contributed by atoms with Crippen LogP contribution in [0.5, 0.6) is 0 Å². The zero-order valence-electron chi connectivity index (χ0n) is 19.6. The standard InChI is InChI=1S/C25H22N4O5S/c1-12(2)8-19-26-27-25(35-19)28-21(15-6-5-7-16(11-15)29(32)33)20-22(30)17-9-13(3)14(4)10-18(17)34-23(20)24(28)31/h5-7,9-12,21H,8H2,1-4H3/t21-/m0/s1. The number of nitro benzene ring substituents is 1. The average molecular weight is 491 g/mol. The Morgan fingerprint density at radius 3 is 2.60 bits per heavy atom. The Morgan fingerprint density at radius 2 is 1.89 bits per heavy atom. The van der Waals surface area contributed by atoms with Gasteiger partial charge in [-0.3, -0.25) is 24.6 Å². The van der Waals surface area contributed by atoms with Gasteiger partial charge in [-0.05, 0) is 48.6 Å². The number of non-ortho nitro benzene ring substituents is 1. The molecule has 2 aromatic heterocycles. The Morgan fingerprint density at radius 1 is 1.14 bits per heavy atom. The molecule has 35 heavy (non-hydrogen) atoms. The lowest BCUT2D eigenvalue weighted by Crippen LogP contribution is -2.29. The highest BCUT2D eigenvalue weighted by Gasteiger charge is 2.45. The number of fused-ring (bicyclic) bond motifs is 2. The molecule has 1 aliphatic heterocycles. The van der Waals surface area contributed by atoms with E-state index in [-0.39, 0.29) is 22.4 Å². The molecule has 0 aliphatic carbocycles. The molecule has 10 heteroatoms. The van der Waals surface area contributed by atoms with Gasteiger partial charge < -0.3 is 4.42 Å². The molecule has 0 bridgehead atoms. The molecular formula is C25H22N4O5S. The van der Waals surface area contributed by atoms with Crippen LogP contribution in [0.2, 0.25) is 0 Å². The first-order valence-electron chi connectivity index (χ1n) is 11.1. The zero-order valence-corrected chi connectivity index (χ0v) is 20.4. The Labute approximate surface area is 204 Å². The number of carbonyl (C=O) groups is 1. The van der Waals surface area contributed by atoms with Crippen LogP contribution in [0.15, 0.2) is 45.6 Å². The van der Waals surface area contributed by atoms with Crippen molar-refractivity contribution >= 4 is 39.0 Å². The maximum Gasteiger partial charge on any atom is 0.297 e. The van der Waals surface area contributed by atoms with Crippen LogP contribution in [0.25, 0.3) is 11.0 Å². The van der Waals surface area contributed by atoms with Gasteiger partial charge in [0.2, 0.25) is 10.9 Å². The van der Waals surface area contributed by atoms with Crippen LogP contribution in [-0.2, 0) is 6.42 Å². The van der Waals surface area contributed by atoms with Crippen molar-refractivity contribution in [1.82, 2.24) is 10.2 Å². The van der Waals surface area contributed by atoms with Crippen LogP contribution in [0, 0.1) is 29.9 Å². The molecule has 3 heterocycles. The SMILES string of the molecule is Cc1cc2oc3c(c(=O)c2cc1C)[C@H](c1cccc([N+](=O)[O-])c1)N(c1nnc(CC(C)C)s1)C3=O. The molecule has 0 fully saturated rings. The van der Waals surface area contributed by atoms with Crippen molar-refractivity contribution in [2.75, 3.05) is 4.90 Å². The Balaban J connectivity index is 1.77. The molecule has 1 atom stereocenters. The topological polar surface area (TPSA) is 119 Å². The van der Waals surface area contributed by atoms with Crippen molar-refractivity contribution in [3.05, 3.63) is 89.8 Å². The summed E-state index contributed by atoms with van der Waals surface area (Å²) in [6, 6.07) is 8.50. The number of carbonyl (C=O) groups excluding carboxylic acids is 1. The Hall–Kier alpha value is -3.92. The fourth-order valence-corrected chi connectivity index (χ4v) is 5.40. The fraction of sp³-hybridized carbons (Fsp3) is 0.280. The minimum absolute atomic E-state index is 0.0807. The van der Waals surface area contributed by atoms with Gasteiger partial charge in [-0.2, -0.15) is 0 Å². The van der Waals surface area contributed by atoms with Crippen LogP contribution < -0.4 is 10.3 Å². The molecule has 1 aliphatic rings. The van der Waals surface area contributed by atoms with Crippen LogP contribution >= 0.6 is 11.3 Å². The number of hydrogen-bond acceptors (Lipinski definition) is 8. The molecule has 5 rings (SSSR count). The van der Waals surface area contributed by atoms with E-state index in [2.05, 4.69) is 24.0 Å². The van der Waals surface area contributed by atoms with E-state index in [1.54, 1.807) is 18.2 Å². The summed E-state index contributed by atoms with van der Waals surface area (Å²) in [4.78, 5) is 39.8. The summed E-state index contributed by atoms with van der Waals surface area (Å²) < 4.78 is 6.02. The van der Waals surface area contributed by atoms with Gasteiger partial charge in [-0.15, -0.1) is 10.2 Å². The average Bonchev–Trinajstić information content (AvgIpc) is 3.37. The minimum Gasteiger partial charge on any atom is -0.450 e. The highest BCUT2D eigenvalue weighted by atomic mass is 32.1. The monoisotopic (exact) mass is 490 g/mol. The third-order valence-corrected chi connectivity index (χ3v) is 7.07. The lowest BCUT2D eigenvalue weighted by molar-refractivity contribution is -0.384. The van der Waals surface area contributed by atoms with Gasteiger partial charge >= 0.3 is 0 Å². The molecule has 0 unspecified atom stereocenters. The van der Waals surface area contributed by atoms with Crippen molar-refractivity contribution in [2.24, 2.45) is 5.92 Å². The van der Waals surface area contributed by atoms with Crippen molar-refractivity contribution in [3.8, 4) is 0 Å². The number of anilines is 1. The zero-order chi connectivity index (χ0) is 25.0. The third kappa shape index (κ3) is 3.79. The first kappa shape index (κ1) is 22.9. The van der Waals surface area contributed by atoms with E-state index in [4.69, 9.17) is 4.42 Å². The van der Waals surface area contributed by atoms with Crippen molar-refractivity contribution in [2.45, 2.75) is 40.2 Å². The molecule has 0 radical (unpaired) electrons. The Kier molecular flexibility index (Phi) is 5.47. The predicted octanol–water partition coefficient (Wildman–Crippen LogP) is 5.12. The Bertz CT molecular complexity index is 1570. The van der Waals surface area contributed by atoms with Crippen LogP contribution in [0.4, 0.5) is 10.8 Å². The maximum absolute atomic E-state index is 13.8. The summed E-state index contributed by atoms with van der Waals surface area (Å²) in [5, 5.41) is 21.4. The quantitative estimate of drug-likeness (QED) is 0.281. The predicted molar refractivity (Wildman–Crippen MR) is 132 cm³/mol. The second-order valence-corrected chi connectivity index (χ2v) is 10.2. The van der Waals surface area contributed by atoms with E-state index in [0.717, 1.165) is 16.1 Å². The van der Waals surface area contributed by atoms with Gasteiger partial charge in [0.25, 0.3) is 11.6 Å². The first-order valence-corrected chi connectivity index (χ1v) is 12.0. The first-order chi connectivity index (χ1) is 16.7. The van der Waals surface area contributed by atoms with Gasteiger partial charge in [0.05, 0.1) is 21.9 Å². The molecular weight excluding hydrogens is 468 g/mol. The van der Waals surface area contributed by atoms with E-state index in [9.17, 15) is 19.7 Å². The number of benzene rings is 2. The number of nitrogens with zero attached hydrogens (tertiary/aromatic N) is 4. The largest absolute Gasteiger partial charge is 0.450 e. The van der Waals surface area contributed by atoms with Crippen molar-refractivity contribution in [3.63, 3.8) is 0 Å². The molecule has 1 amide bonds.